The highest BCUT2D eigenvalue weighted by molar-refractivity contribution is 5.67. The summed E-state index contributed by atoms with van der Waals surface area (Å²) >= 11 is 0. The van der Waals surface area contributed by atoms with Gasteiger partial charge in [0.1, 0.15) is 11.4 Å². The number of aromatic nitrogens is 2. The first-order valence-corrected chi connectivity index (χ1v) is 6.86. The van der Waals surface area contributed by atoms with Crippen molar-refractivity contribution < 1.29 is 22.7 Å². The Morgan fingerprint density at radius 3 is 2.35 bits per heavy atom. The van der Waals surface area contributed by atoms with E-state index in [0.717, 1.165) is 0 Å². The predicted octanol–water partition coefficient (Wildman–Crippen LogP) is 2.12. The summed E-state index contributed by atoms with van der Waals surface area (Å²) in [4.78, 5) is 18.2. The van der Waals surface area contributed by atoms with Crippen molar-refractivity contribution in [3.8, 4) is 0 Å². The molecule has 0 aliphatic carbocycles. The van der Waals surface area contributed by atoms with Gasteiger partial charge in [-0.2, -0.15) is 18.2 Å². The standard InChI is InChI=1S/C13H20F3N5O2/c1-12(2,3)23-11(22)19-6-4-5-7-8(13(14,15)16)20-10(18)21-9(7)17/h4-6H2,1-3H3,(H,19,22)(H4,17,18,20,21). The predicted molar refractivity (Wildman–Crippen MR) is 78.4 cm³/mol. The van der Waals surface area contributed by atoms with E-state index in [1.54, 1.807) is 20.8 Å². The number of hydrogen-bond donors (Lipinski definition) is 3. The largest absolute Gasteiger partial charge is 0.444 e. The van der Waals surface area contributed by atoms with E-state index >= 15 is 0 Å². The van der Waals surface area contributed by atoms with Crippen molar-refractivity contribution >= 4 is 17.9 Å². The van der Waals surface area contributed by atoms with Crippen LogP contribution in [0.5, 0.6) is 0 Å². The third-order valence-corrected chi connectivity index (χ3v) is 2.60. The summed E-state index contributed by atoms with van der Waals surface area (Å²) in [6, 6.07) is 0. The van der Waals surface area contributed by atoms with Crippen molar-refractivity contribution in [1.82, 2.24) is 15.3 Å². The minimum atomic E-state index is -4.68. The molecule has 1 heterocycles. The number of hydrogen-bond acceptors (Lipinski definition) is 6. The maximum absolute atomic E-state index is 12.9. The summed E-state index contributed by atoms with van der Waals surface area (Å²) in [6.45, 7) is 5.23. The molecule has 0 fully saturated rings. The van der Waals surface area contributed by atoms with E-state index in [4.69, 9.17) is 16.2 Å². The Labute approximate surface area is 131 Å². The number of carbonyl (C=O) groups excluding carboxylic acids is 1. The zero-order valence-electron chi connectivity index (χ0n) is 13.1. The van der Waals surface area contributed by atoms with Gasteiger partial charge in [-0.15, -0.1) is 0 Å². The Hall–Kier alpha value is -2.26. The number of halogens is 3. The quantitative estimate of drug-likeness (QED) is 0.726. The fraction of sp³-hybridized carbons (Fsp3) is 0.615. The Balaban J connectivity index is 2.67. The summed E-state index contributed by atoms with van der Waals surface area (Å²) in [5.74, 6) is -0.854. The number of rotatable bonds is 4. The van der Waals surface area contributed by atoms with Gasteiger partial charge in [0.2, 0.25) is 5.95 Å². The molecule has 0 aliphatic rings. The second-order valence-corrected chi connectivity index (χ2v) is 5.82. The lowest BCUT2D eigenvalue weighted by molar-refractivity contribution is -0.141. The van der Waals surface area contributed by atoms with Gasteiger partial charge in [0.05, 0.1) is 0 Å². The van der Waals surface area contributed by atoms with Crippen molar-refractivity contribution in [1.29, 1.82) is 0 Å². The van der Waals surface area contributed by atoms with E-state index in [1.807, 2.05) is 0 Å². The van der Waals surface area contributed by atoms with E-state index in [2.05, 4.69) is 15.3 Å². The average molecular weight is 335 g/mol. The third-order valence-electron chi connectivity index (χ3n) is 2.60. The molecular formula is C13H20F3N5O2. The number of anilines is 2. The summed E-state index contributed by atoms with van der Waals surface area (Å²) in [5.41, 5.74) is 8.66. The molecule has 0 unspecified atom stereocenters. The molecule has 0 spiro atoms. The lowest BCUT2D eigenvalue weighted by Gasteiger charge is -2.19. The van der Waals surface area contributed by atoms with Crippen LogP contribution in [-0.2, 0) is 17.3 Å². The van der Waals surface area contributed by atoms with E-state index in [0.29, 0.717) is 0 Å². The first-order chi connectivity index (χ1) is 10.4. The molecule has 1 aromatic heterocycles. The summed E-state index contributed by atoms with van der Waals surface area (Å²) in [5, 5.41) is 2.45. The number of carbonyl (C=O) groups is 1. The highest BCUT2D eigenvalue weighted by Crippen LogP contribution is 2.33. The Kier molecular flexibility index (Phi) is 5.62. The van der Waals surface area contributed by atoms with Crippen LogP contribution in [0.4, 0.5) is 29.7 Å². The molecule has 0 atom stereocenters. The average Bonchev–Trinajstić information content (AvgIpc) is 2.32. The number of ether oxygens (including phenoxy) is 1. The fourth-order valence-electron chi connectivity index (χ4n) is 1.77. The molecule has 0 saturated heterocycles. The molecule has 0 saturated carbocycles. The molecule has 0 bridgehead atoms. The van der Waals surface area contributed by atoms with E-state index in [9.17, 15) is 18.0 Å². The van der Waals surface area contributed by atoms with Gasteiger partial charge in [-0.3, -0.25) is 0 Å². The van der Waals surface area contributed by atoms with E-state index in [1.165, 1.54) is 0 Å². The van der Waals surface area contributed by atoms with Crippen LogP contribution >= 0.6 is 0 Å². The molecule has 1 rings (SSSR count). The number of alkyl carbamates (subject to hydrolysis) is 1. The number of nitrogens with one attached hydrogen (secondary N) is 1. The van der Waals surface area contributed by atoms with Crippen molar-refractivity contribution in [2.24, 2.45) is 0 Å². The molecule has 1 aromatic rings. The van der Waals surface area contributed by atoms with Crippen LogP contribution in [0.2, 0.25) is 0 Å². The van der Waals surface area contributed by atoms with Crippen molar-refractivity contribution in [3.05, 3.63) is 11.3 Å². The number of alkyl halides is 3. The van der Waals surface area contributed by atoms with Gasteiger partial charge in [0.25, 0.3) is 0 Å². The first-order valence-electron chi connectivity index (χ1n) is 6.86. The molecule has 7 nitrogen and oxygen atoms in total. The maximum Gasteiger partial charge on any atom is 0.433 e. The van der Waals surface area contributed by atoms with Crippen molar-refractivity contribution in [3.63, 3.8) is 0 Å². The summed E-state index contributed by atoms with van der Waals surface area (Å²) < 4.78 is 43.8. The number of nitrogens with two attached hydrogens (primary N) is 2. The molecular weight excluding hydrogens is 315 g/mol. The molecule has 1 amide bonds. The Morgan fingerprint density at radius 1 is 1.22 bits per heavy atom. The topological polar surface area (TPSA) is 116 Å². The minimum Gasteiger partial charge on any atom is -0.444 e. The van der Waals surface area contributed by atoms with Gasteiger partial charge in [-0.1, -0.05) is 0 Å². The molecule has 10 heteroatoms. The van der Waals surface area contributed by atoms with Crippen LogP contribution in [0.25, 0.3) is 0 Å². The minimum absolute atomic E-state index is 0.0588. The first kappa shape index (κ1) is 18.8. The Bertz CT molecular complexity index is 570. The molecule has 23 heavy (non-hydrogen) atoms. The van der Waals surface area contributed by atoms with Crippen molar-refractivity contribution in [2.45, 2.75) is 45.4 Å². The highest BCUT2D eigenvalue weighted by atomic mass is 19.4. The van der Waals surface area contributed by atoms with Crippen LogP contribution in [-0.4, -0.2) is 28.2 Å². The molecule has 5 N–H and O–H groups in total. The molecule has 0 aliphatic heterocycles. The summed E-state index contributed by atoms with van der Waals surface area (Å²) in [6.07, 6.45) is -5.18. The second-order valence-electron chi connectivity index (χ2n) is 5.82. The number of amides is 1. The molecule has 0 aromatic carbocycles. The second kappa shape index (κ2) is 6.88. The van der Waals surface area contributed by atoms with Crippen molar-refractivity contribution in [2.75, 3.05) is 18.0 Å². The maximum atomic E-state index is 12.9. The van der Waals surface area contributed by atoms with E-state index < -0.39 is 29.5 Å². The van der Waals surface area contributed by atoms with Crippen LogP contribution < -0.4 is 16.8 Å². The number of nitrogen functional groups attached to an aromatic ring is 2. The van der Waals surface area contributed by atoms with Crippen LogP contribution in [0.3, 0.4) is 0 Å². The van der Waals surface area contributed by atoms with Gasteiger partial charge >= 0.3 is 12.3 Å². The summed E-state index contributed by atoms with van der Waals surface area (Å²) in [7, 11) is 0. The van der Waals surface area contributed by atoms with Crippen LogP contribution in [0.1, 0.15) is 38.4 Å². The monoisotopic (exact) mass is 335 g/mol. The molecule has 130 valence electrons. The highest BCUT2D eigenvalue weighted by Gasteiger charge is 2.37. The van der Waals surface area contributed by atoms with Gasteiger partial charge in [-0.25, -0.2) is 9.78 Å². The van der Waals surface area contributed by atoms with Gasteiger partial charge in [0.15, 0.2) is 5.69 Å². The van der Waals surface area contributed by atoms with Gasteiger partial charge in [-0.05, 0) is 33.6 Å². The van der Waals surface area contributed by atoms with Gasteiger partial charge < -0.3 is 21.5 Å². The van der Waals surface area contributed by atoms with Gasteiger partial charge in [0, 0.05) is 12.1 Å². The smallest absolute Gasteiger partial charge is 0.433 e. The fourth-order valence-corrected chi connectivity index (χ4v) is 1.77. The molecule has 0 radical (unpaired) electrons. The van der Waals surface area contributed by atoms with Crippen LogP contribution in [0, 0.1) is 0 Å². The lowest BCUT2D eigenvalue weighted by atomic mass is 10.1. The number of nitrogens with zero attached hydrogens (tertiary/aromatic N) is 2. The lowest BCUT2D eigenvalue weighted by Crippen LogP contribution is -2.33. The van der Waals surface area contributed by atoms with Crippen LogP contribution in [0.15, 0.2) is 0 Å². The SMILES string of the molecule is CC(C)(C)OC(=O)NCCCc1c(N)nc(N)nc1C(F)(F)F. The zero-order valence-corrected chi connectivity index (χ0v) is 13.1. The van der Waals surface area contributed by atoms with E-state index in [-0.39, 0.29) is 30.8 Å². The Morgan fingerprint density at radius 2 is 1.83 bits per heavy atom. The third kappa shape index (κ3) is 6.17. The zero-order chi connectivity index (χ0) is 17.8. The normalized spacial score (nSPS) is 12.1.